The minimum Gasteiger partial charge on any atom is -0.311 e. The molecule has 0 radical (unpaired) electrons. The summed E-state index contributed by atoms with van der Waals surface area (Å²) in [5.41, 5.74) is 23.8. The van der Waals surface area contributed by atoms with E-state index in [0.29, 0.717) is 0 Å². The first-order valence-electron chi connectivity index (χ1n) is 36.7. The first-order chi connectivity index (χ1) is 53.1. The molecule has 0 amide bonds. The summed E-state index contributed by atoms with van der Waals surface area (Å²) in [6, 6.07) is 154. The summed E-state index contributed by atoms with van der Waals surface area (Å²) in [7, 11) is 0. The third-order valence-corrected chi connectivity index (χ3v) is 22.3. The largest absolute Gasteiger partial charge is 0.311 e. The van der Waals surface area contributed by atoms with Crippen molar-refractivity contribution < 1.29 is 0 Å². The molecule has 0 spiro atoms. The summed E-state index contributed by atoms with van der Waals surface area (Å²) in [5, 5.41) is 15.1. The molecule has 0 aliphatic carbocycles. The number of fused-ring (bicyclic) bond motifs is 8. The van der Waals surface area contributed by atoms with Gasteiger partial charge < -0.3 is 9.80 Å². The van der Waals surface area contributed by atoms with Gasteiger partial charge in [-0.15, -0.1) is 11.3 Å². The molecular weight excluding hydrogens is 1310 g/mol. The summed E-state index contributed by atoms with van der Waals surface area (Å²) in [6.07, 6.45) is 0. The van der Waals surface area contributed by atoms with Gasteiger partial charge >= 0.3 is 0 Å². The van der Waals surface area contributed by atoms with Crippen LogP contribution in [0, 0.1) is 0 Å². The minimum atomic E-state index is 1.10. The topological polar surface area (TPSA) is 6.48 Å². The molecule has 0 atom stereocenters. The molecule has 502 valence electrons. The van der Waals surface area contributed by atoms with Gasteiger partial charge in [0.2, 0.25) is 0 Å². The zero-order valence-electron chi connectivity index (χ0n) is 58.7. The molecule has 107 heavy (non-hydrogen) atoms. The number of hydrogen-bond donors (Lipinski definition) is 0. The van der Waals surface area contributed by atoms with Crippen LogP contribution in [0.15, 0.2) is 425 Å². The van der Waals surface area contributed by atoms with Crippen molar-refractivity contribution in [2.24, 2.45) is 0 Å². The highest BCUT2D eigenvalue weighted by molar-refractivity contribution is 7.26. The molecule has 0 aliphatic rings. The molecule has 19 aromatic carbocycles. The molecule has 0 aliphatic heterocycles. The molecule has 3 heteroatoms. The van der Waals surface area contributed by atoms with Gasteiger partial charge in [0.25, 0.3) is 0 Å². The Balaban J connectivity index is 0.000000146. The lowest BCUT2D eigenvalue weighted by Crippen LogP contribution is -2.10. The second-order valence-corrected chi connectivity index (χ2v) is 28.4. The van der Waals surface area contributed by atoms with E-state index in [9.17, 15) is 0 Å². The highest BCUT2D eigenvalue weighted by Crippen LogP contribution is 2.48. The number of hydrogen-bond acceptors (Lipinski definition) is 3. The van der Waals surface area contributed by atoms with Gasteiger partial charge in [-0.25, -0.2) is 0 Å². The van der Waals surface area contributed by atoms with E-state index in [2.05, 4.69) is 434 Å². The Morgan fingerprint density at radius 1 is 0.168 bits per heavy atom. The summed E-state index contributed by atoms with van der Waals surface area (Å²) in [5.74, 6) is 0. The zero-order valence-corrected chi connectivity index (χ0v) is 59.5. The SMILES string of the molecule is c1ccc(-c2ccc(N(c3ccc(-c4cccc5ccccc45)cc3)c3ccc(-c4cccc5cccc(-c6cccc7ccccc67)c45)cc3)cc2)cc1.c1ccc(-c2cccc3cccc(-c4cccc(N(c5ccc(-c6cccc7ccccc67)cc5)c5cccc6c5sc5ccccc56)c4)c23)cc1. The highest BCUT2D eigenvalue weighted by atomic mass is 32.1. The smallest absolute Gasteiger partial charge is 0.0640 e. The minimum absolute atomic E-state index is 1.10. The van der Waals surface area contributed by atoms with Crippen LogP contribution in [0.5, 0.6) is 0 Å². The quantitative estimate of drug-likeness (QED) is 0.114. The van der Waals surface area contributed by atoms with Crippen molar-refractivity contribution in [3.05, 3.63) is 425 Å². The van der Waals surface area contributed by atoms with Gasteiger partial charge in [0.05, 0.1) is 10.4 Å². The predicted octanol–water partition coefficient (Wildman–Crippen LogP) is 30.1. The Bertz CT molecular complexity index is 6630. The molecule has 0 N–H and O–H groups in total. The lowest BCUT2D eigenvalue weighted by Gasteiger charge is -2.27. The molecule has 0 saturated heterocycles. The van der Waals surface area contributed by atoms with Gasteiger partial charge in [0.1, 0.15) is 0 Å². The molecule has 20 aromatic rings. The Hall–Kier alpha value is -13.7. The van der Waals surface area contributed by atoms with Crippen LogP contribution < -0.4 is 9.80 Å². The van der Waals surface area contributed by atoms with Gasteiger partial charge in [0.15, 0.2) is 0 Å². The van der Waals surface area contributed by atoms with Crippen molar-refractivity contribution in [1.29, 1.82) is 0 Å². The second kappa shape index (κ2) is 28.2. The molecule has 2 nitrogen and oxygen atoms in total. The van der Waals surface area contributed by atoms with E-state index < -0.39 is 0 Å². The van der Waals surface area contributed by atoms with Gasteiger partial charge in [0, 0.05) is 43.9 Å². The van der Waals surface area contributed by atoms with Gasteiger partial charge in [-0.2, -0.15) is 0 Å². The van der Waals surface area contributed by atoms with Crippen molar-refractivity contribution in [1.82, 2.24) is 0 Å². The Morgan fingerprint density at radius 2 is 0.486 bits per heavy atom. The number of thiophene rings is 1. The Kier molecular flexibility index (Phi) is 16.9. The molecule has 0 fully saturated rings. The van der Waals surface area contributed by atoms with Crippen LogP contribution in [0.4, 0.5) is 34.1 Å². The summed E-state index contributed by atoms with van der Waals surface area (Å²) in [6.45, 7) is 0. The van der Waals surface area contributed by atoms with Gasteiger partial charge in [-0.05, 0) is 205 Å². The molecule has 20 rings (SSSR count). The fourth-order valence-corrected chi connectivity index (χ4v) is 17.3. The molecule has 0 saturated carbocycles. The average molecular weight is 1380 g/mol. The fraction of sp³-hybridized carbons (Fsp3) is 0. The van der Waals surface area contributed by atoms with E-state index in [1.807, 2.05) is 11.3 Å². The number of benzene rings is 19. The average Bonchev–Trinajstić information content (AvgIpc) is 1.32. The lowest BCUT2D eigenvalue weighted by molar-refractivity contribution is 1.28. The van der Waals surface area contributed by atoms with Crippen LogP contribution in [0.1, 0.15) is 0 Å². The van der Waals surface area contributed by atoms with Crippen molar-refractivity contribution in [2.75, 3.05) is 9.80 Å². The maximum Gasteiger partial charge on any atom is 0.0640 e. The van der Waals surface area contributed by atoms with Crippen LogP contribution >= 0.6 is 11.3 Å². The van der Waals surface area contributed by atoms with Gasteiger partial charge in [-0.3, -0.25) is 0 Å². The fourth-order valence-electron chi connectivity index (χ4n) is 16.1. The Morgan fingerprint density at radius 3 is 1.01 bits per heavy atom. The summed E-state index contributed by atoms with van der Waals surface area (Å²) >= 11 is 1.87. The van der Waals surface area contributed by atoms with Crippen LogP contribution in [-0.4, -0.2) is 0 Å². The third-order valence-electron chi connectivity index (χ3n) is 21.1. The molecule has 0 bridgehead atoms. The maximum absolute atomic E-state index is 2.44. The van der Waals surface area contributed by atoms with Crippen LogP contribution in [0.25, 0.3) is 152 Å². The van der Waals surface area contributed by atoms with E-state index in [1.54, 1.807) is 0 Å². The van der Waals surface area contributed by atoms with Crippen molar-refractivity contribution >= 4 is 119 Å². The van der Waals surface area contributed by atoms with Gasteiger partial charge in [-0.1, -0.05) is 352 Å². The molecule has 1 heterocycles. The normalized spacial score (nSPS) is 11.4. The number of anilines is 6. The maximum atomic E-state index is 2.44. The number of rotatable bonds is 13. The van der Waals surface area contributed by atoms with Crippen molar-refractivity contribution in [3.63, 3.8) is 0 Å². The van der Waals surface area contributed by atoms with E-state index >= 15 is 0 Å². The highest BCUT2D eigenvalue weighted by Gasteiger charge is 2.22. The molecule has 0 unspecified atom stereocenters. The van der Waals surface area contributed by atoms with Crippen LogP contribution in [0.3, 0.4) is 0 Å². The van der Waals surface area contributed by atoms with Crippen molar-refractivity contribution in [2.45, 2.75) is 0 Å². The zero-order chi connectivity index (χ0) is 71.0. The third kappa shape index (κ3) is 12.2. The van der Waals surface area contributed by atoms with E-state index in [1.165, 1.54) is 158 Å². The summed E-state index contributed by atoms with van der Waals surface area (Å²) < 4.78 is 2.58. The first kappa shape index (κ1) is 64.2. The standard InChI is InChI=1S/C54H37N.C50H33NS/c1-2-12-38(13-3-1)39-26-32-45(33-27-39)55(46-34-28-42(29-35-46)49-22-8-16-40-14-4-6-20-48(40)49)47-36-30-43(31-37-47)51-23-10-18-44-19-11-25-53(54(44)51)52-24-9-17-41-15-5-7-21-50(41)52;1-2-13-35(14-3-1)43-24-10-17-37-18-11-25-44(49(37)43)38-19-8-20-40(33-38)51(47-27-12-26-46-45-22-6-7-28-48(45)52-50(46)47)39-31-29-36(30-32-39)42-23-9-16-34-15-4-5-21-41(34)42/h1-37H;1-33H. The van der Waals surface area contributed by atoms with Crippen LogP contribution in [0.2, 0.25) is 0 Å². The lowest BCUT2D eigenvalue weighted by atomic mass is 9.89. The summed E-state index contributed by atoms with van der Waals surface area (Å²) in [4.78, 5) is 4.80. The van der Waals surface area contributed by atoms with Crippen LogP contribution in [-0.2, 0) is 0 Å². The van der Waals surface area contributed by atoms with E-state index in [0.717, 1.165) is 28.4 Å². The predicted molar refractivity (Wildman–Crippen MR) is 461 cm³/mol. The second-order valence-electron chi connectivity index (χ2n) is 27.4. The monoisotopic (exact) mass is 1380 g/mol. The Labute approximate surface area is 627 Å². The van der Waals surface area contributed by atoms with Crippen molar-refractivity contribution in [3.8, 4) is 77.9 Å². The molecular formula is C104H70N2S. The first-order valence-corrected chi connectivity index (χ1v) is 37.5. The van der Waals surface area contributed by atoms with E-state index in [-0.39, 0.29) is 0 Å². The molecule has 1 aromatic heterocycles. The van der Waals surface area contributed by atoms with E-state index in [4.69, 9.17) is 0 Å². The number of nitrogens with zero attached hydrogens (tertiary/aromatic N) is 2.